The summed E-state index contributed by atoms with van der Waals surface area (Å²) < 4.78 is 8.30. The monoisotopic (exact) mass is 352 g/mol. The van der Waals surface area contributed by atoms with E-state index in [0.29, 0.717) is 11.7 Å². The Kier molecular flexibility index (Phi) is 3.47. The van der Waals surface area contributed by atoms with Crippen LogP contribution in [0.3, 0.4) is 0 Å². The number of hydrogen-bond donors (Lipinski definition) is 0. The molecule has 0 amide bonds. The largest absolute Gasteiger partial charge is 0.337 e. The number of nitrogens with zero attached hydrogens (tertiary/aromatic N) is 4. The number of halogens is 1. The average Bonchev–Trinajstić information content (AvgIpc) is 3.08. The van der Waals surface area contributed by atoms with E-state index in [9.17, 15) is 0 Å². The smallest absolute Gasteiger partial charge is 0.251 e. The van der Waals surface area contributed by atoms with Gasteiger partial charge in [-0.2, -0.15) is 10.1 Å². The normalized spacial score (nSPS) is 12.8. The maximum Gasteiger partial charge on any atom is 0.251 e. The third-order valence-corrected chi connectivity index (χ3v) is 4.69. The van der Waals surface area contributed by atoms with Gasteiger partial charge < -0.3 is 4.52 Å². The Balaban J connectivity index is 1.92. The van der Waals surface area contributed by atoms with Crippen molar-refractivity contribution in [3.05, 3.63) is 39.3 Å². The summed E-state index contributed by atoms with van der Waals surface area (Å²) in [6.07, 6.45) is 0. The van der Waals surface area contributed by atoms with Gasteiger partial charge in [0.15, 0.2) is 0 Å². The summed E-state index contributed by atoms with van der Waals surface area (Å²) in [7, 11) is 0. The number of aryl methyl sites for hydroxylation is 2. The van der Waals surface area contributed by atoms with E-state index >= 15 is 0 Å². The van der Waals surface area contributed by atoms with E-state index in [-0.39, 0.29) is 6.04 Å². The van der Waals surface area contributed by atoms with Crippen molar-refractivity contribution in [1.82, 2.24) is 19.9 Å². The minimum absolute atomic E-state index is 0.0756. The van der Waals surface area contributed by atoms with Crippen molar-refractivity contribution in [3.63, 3.8) is 0 Å². The molecule has 5 nitrogen and oxygen atoms in total. The maximum atomic E-state index is 5.38. The molecule has 3 rings (SSSR count). The molecule has 0 bridgehead atoms. The fourth-order valence-corrected chi connectivity index (χ4v) is 3.43. The summed E-state index contributed by atoms with van der Waals surface area (Å²) in [6.45, 7) is 5.99. The van der Waals surface area contributed by atoms with Crippen LogP contribution in [-0.2, 0) is 0 Å². The topological polar surface area (TPSA) is 56.7 Å². The molecule has 3 heterocycles. The second-order valence-electron chi connectivity index (χ2n) is 4.63. The zero-order chi connectivity index (χ0) is 14.3. The number of hydrogen-bond acceptors (Lipinski definition) is 5. The van der Waals surface area contributed by atoms with E-state index < -0.39 is 0 Å². The molecule has 0 aliphatic heterocycles. The first-order valence-corrected chi connectivity index (χ1v) is 7.82. The van der Waals surface area contributed by atoms with Crippen molar-refractivity contribution in [3.8, 4) is 10.7 Å². The maximum absolute atomic E-state index is 5.38. The average molecular weight is 353 g/mol. The lowest BCUT2D eigenvalue weighted by Gasteiger charge is -2.09. The van der Waals surface area contributed by atoms with E-state index in [1.807, 2.05) is 43.0 Å². The molecule has 0 saturated carbocycles. The van der Waals surface area contributed by atoms with Crippen LogP contribution in [0.2, 0.25) is 0 Å². The molecule has 0 aromatic carbocycles. The first-order chi connectivity index (χ1) is 9.54. The number of aromatic nitrogens is 4. The molecule has 1 unspecified atom stereocenters. The molecule has 0 fully saturated rings. The quantitative estimate of drug-likeness (QED) is 0.715. The van der Waals surface area contributed by atoms with Gasteiger partial charge in [0.05, 0.1) is 10.6 Å². The molecule has 3 aromatic rings. The van der Waals surface area contributed by atoms with Crippen LogP contribution in [0.4, 0.5) is 0 Å². The molecule has 7 heteroatoms. The zero-order valence-electron chi connectivity index (χ0n) is 11.3. The van der Waals surface area contributed by atoms with Gasteiger partial charge >= 0.3 is 0 Å². The highest BCUT2D eigenvalue weighted by Gasteiger charge is 2.19. The number of thiophene rings is 1. The fraction of sp³-hybridized carbons (Fsp3) is 0.308. The van der Waals surface area contributed by atoms with Gasteiger partial charge in [-0.15, -0.1) is 11.3 Å². The molecular weight excluding hydrogens is 340 g/mol. The Morgan fingerprint density at radius 3 is 2.75 bits per heavy atom. The van der Waals surface area contributed by atoms with Gasteiger partial charge in [-0.05, 0) is 48.8 Å². The minimum Gasteiger partial charge on any atom is -0.337 e. The molecule has 0 radical (unpaired) electrons. The Morgan fingerprint density at radius 1 is 1.35 bits per heavy atom. The van der Waals surface area contributed by atoms with E-state index in [1.54, 1.807) is 11.3 Å². The zero-order valence-corrected chi connectivity index (χ0v) is 13.7. The van der Waals surface area contributed by atoms with Crippen molar-refractivity contribution in [2.24, 2.45) is 0 Å². The second kappa shape index (κ2) is 5.14. The predicted molar refractivity (Wildman–Crippen MR) is 80.8 cm³/mol. The fourth-order valence-electron chi connectivity index (χ4n) is 2.08. The molecule has 0 aliphatic carbocycles. The summed E-state index contributed by atoms with van der Waals surface area (Å²) in [5, 5.41) is 10.5. The van der Waals surface area contributed by atoms with Crippen molar-refractivity contribution in [2.75, 3.05) is 0 Å². The third kappa shape index (κ3) is 2.43. The van der Waals surface area contributed by atoms with Crippen molar-refractivity contribution < 1.29 is 4.52 Å². The summed E-state index contributed by atoms with van der Waals surface area (Å²) in [5.41, 5.74) is 2.06. The lowest BCUT2D eigenvalue weighted by Crippen LogP contribution is -2.10. The molecular formula is C13H13BrN4OS. The van der Waals surface area contributed by atoms with E-state index in [1.165, 1.54) is 0 Å². The van der Waals surface area contributed by atoms with Crippen molar-refractivity contribution in [2.45, 2.75) is 26.8 Å². The Hall–Kier alpha value is -1.47. The molecule has 1 atom stereocenters. The third-order valence-electron chi connectivity index (χ3n) is 3.00. The van der Waals surface area contributed by atoms with E-state index in [4.69, 9.17) is 4.52 Å². The summed E-state index contributed by atoms with van der Waals surface area (Å²) in [6, 6.07) is 3.94. The van der Waals surface area contributed by atoms with Crippen LogP contribution in [0.5, 0.6) is 0 Å². The van der Waals surface area contributed by atoms with Crippen LogP contribution in [0, 0.1) is 13.8 Å². The van der Waals surface area contributed by atoms with Crippen LogP contribution in [0.1, 0.15) is 30.2 Å². The first-order valence-electron chi connectivity index (χ1n) is 6.15. The van der Waals surface area contributed by atoms with E-state index in [0.717, 1.165) is 20.7 Å². The standard InChI is InChI=1S/C13H13BrN4OS/c1-7-4-8(2)18(16-7)9(3)13-15-12(17-19-13)11-5-10(14)6-20-11/h4-6,9H,1-3H3. The lowest BCUT2D eigenvalue weighted by atomic mass is 10.3. The predicted octanol–water partition coefficient (Wildman–Crippen LogP) is 3.98. The summed E-state index contributed by atoms with van der Waals surface area (Å²) in [5.74, 6) is 1.18. The van der Waals surface area contributed by atoms with E-state index in [2.05, 4.69) is 31.2 Å². The molecule has 0 aliphatic rings. The van der Waals surface area contributed by atoms with Gasteiger partial charge in [0.1, 0.15) is 6.04 Å². The van der Waals surface area contributed by atoms with Crippen molar-refractivity contribution >= 4 is 27.3 Å². The molecule has 0 N–H and O–H groups in total. The molecule has 20 heavy (non-hydrogen) atoms. The molecule has 0 saturated heterocycles. The van der Waals surface area contributed by atoms with Gasteiger partial charge in [0.25, 0.3) is 5.89 Å². The summed E-state index contributed by atoms with van der Waals surface area (Å²) in [4.78, 5) is 5.45. The second-order valence-corrected chi connectivity index (χ2v) is 6.46. The number of rotatable bonds is 3. The van der Waals surface area contributed by atoms with Gasteiger partial charge in [-0.3, -0.25) is 4.68 Å². The minimum atomic E-state index is -0.0756. The molecule has 104 valence electrons. The van der Waals surface area contributed by atoms with Crippen molar-refractivity contribution in [1.29, 1.82) is 0 Å². The Bertz CT molecular complexity index is 745. The molecule has 0 spiro atoms. The lowest BCUT2D eigenvalue weighted by molar-refractivity contribution is 0.334. The highest BCUT2D eigenvalue weighted by atomic mass is 79.9. The van der Waals surface area contributed by atoms with Crippen LogP contribution in [-0.4, -0.2) is 19.9 Å². The van der Waals surface area contributed by atoms with Gasteiger partial charge in [0.2, 0.25) is 5.82 Å². The van der Waals surface area contributed by atoms with Crippen LogP contribution in [0.15, 0.2) is 26.5 Å². The summed E-state index contributed by atoms with van der Waals surface area (Å²) >= 11 is 5.00. The van der Waals surface area contributed by atoms with Gasteiger partial charge in [0, 0.05) is 15.5 Å². The highest BCUT2D eigenvalue weighted by Crippen LogP contribution is 2.29. The van der Waals surface area contributed by atoms with Gasteiger partial charge in [-0.25, -0.2) is 0 Å². The Morgan fingerprint density at radius 2 is 2.15 bits per heavy atom. The first kappa shape index (κ1) is 13.5. The van der Waals surface area contributed by atoms with Crippen LogP contribution in [0.25, 0.3) is 10.7 Å². The van der Waals surface area contributed by atoms with Crippen LogP contribution >= 0.6 is 27.3 Å². The highest BCUT2D eigenvalue weighted by molar-refractivity contribution is 9.10. The SMILES string of the molecule is Cc1cc(C)n(C(C)c2nc(-c3cc(Br)cs3)no2)n1. The van der Waals surface area contributed by atoms with Gasteiger partial charge in [-0.1, -0.05) is 5.16 Å². The van der Waals surface area contributed by atoms with Crippen LogP contribution < -0.4 is 0 Å². The Labute approximate surface area is 128 Å². The molecule has 3 aromatic heterocycles.